The zero-order valence-corrected chi connectivity index (χ0v) is 18.9. The van der Waals surface area contributed by atoms with Gasteiger partial charge in [-0.05, 0) is 67.4 Å². The van der Waals surface area contributed by atoms with Crippen LogP contribution in [0.25, 0.3) is 0 Å². The number of hydrogen-bond acceptors (Lipinski definition) is 5. The van der Waals surface area contributed by atoms with Crippen molar-refractivity contribution in [2.24, 2.45) is 0 Å². The Morgan fingerprint density at radius 2 is 1.61 bits per heavy atom. The summed E-state index contributed by atoms with van der Waals surface area (Å²) in [5.74, 6) is -0.651. The minimum Gasteiger partial charge on any atom is -0.300 e. The summed E-state index contributed by atoms with van der Waals surface area (Å²) in [7, 11) is -6.98. The van der Waals surface area contributed by atoms with Gasteiger partial charge in [0.05, 0.1) is 16.7 Å². The standard InChI is InChI=1S/C21H21ClN2O5S2/c22-17-5-7-18(8-6-17)24(19-11-14-30(26,27)15-19)21(25)16-3-9-20(10-4-16)31(28,29)23-12-1-2-13-23/h3-11,14,19H,1-2,12-13,15H2. The van der Waals surface area contributed by atoms with Gasteiger partial charge >= 0.3 is 0 Å². The van der Waals surface area contributed by atoms with Crippen LogP contribution in [0.15, 0.2) is 64.9 Å². The molecule has 0 aliphatic carbocycles. The number of hydrogen-bond donors (Lipinski definition) is 0. The van der Waals surface area contributed by atoms with E-state index in [9.17, 15) is 21.6 Å². The SMILES string of the molecule is O=C(c1ccc(S(=O)(=O)N2CCCC2)cc1)N(c1ccc(Cl)cc1)C1C=CS(=O)(=O)C1. The first-order valence-electron chi connectivity index (χ1n) is 9.78. The Kier molecular flexibility index (Phi) is 5.95. The van der Waals surface area contributed by atoms with E-state index in [-0.39, 0.29) is 16.2 Å². The maximum absolute atomic E-state index is 13.3. The van der Waals surface area contributed by atoms with Gasteiger partial charge in [0.15, 0.2) is 9.84 Å². The summed E-state index contributed by atoms with van der Waals surface area (Å²) in [6.07, 6.45) is 3.15. The molecule has 1 fully saturated rings. The van der Waals surface area contributed by atoms with Crippen molar-refractivity contribution in [1.82, 2.24) is 4.31 Å². The molecule has 1 amide bonds. The highest BCUT2D eigenvalue weighted by atomic mass is 35.5. The Bertz CT molecular complexity index is 1220. The monoisotopic (exact) mass is 480 g/mol. The summed E-state index contributed by atoms with van der Waals surface area (Å²) in [4.78, 5) is 14.9. The van der Waals surface area contributed by atoms with Crippen LogP contribution in [0, 0.1) is 0 Å². The molecule has 7 nitrogen and oxygen atoms in total. The predicted octanol–water partition coefficient (Wildman–Crippen LogP) is 3.08. The molecule has 2 aliphatic heterocycles. The molecule has 0 N–H and O–H groups in total. The molecule has 1 atom stereocenters. The van der Waals surface area contributed by atoms with Gasteiger partial charge in [0.2, 0.25) is 10.0 Å². The summed E-state index contributed by atoms with van der Waals surface area (Å²) in [6.45, 7) is 0.992. The molecule has 0 radical (unpaired) electrons. The lowest BCUT2D eigenvalue weighted by Crippen LogP contribution is -2.41. The lowest BCUT2D eigenvalue weighted by atomic mass is 10.1. The van der Waals surface area contributed by atoms with Crippen LogP contribution in [0.1, 0.15) is 23.2 Å². The van der Waals surface area contributed by atoms with E-state index < -0.39 is 31.8 Å². The summed E-state index contributed by atoms with van der Waals surface area (Å²) >= 11 is 5.96. The van der Waals surface area contributed by atoms with Gasteiger partial charge in [-0.25, -0.2) is 16.8 Å². The van der Waals surface area contributed by atoms with E-state index in [1.54, 1.807) is 24.3 Å². The van der Waals surface area contributed by atoms with Crippen LogP contribution in [0.3, 0.4) is 0 Å². The topological polar surface area (TPSA) is 91.8 Å². The largest absolute Gasteiger partial charge is 0.300 e. The summed E-state index contributed by atoms with van der Waals surface area (Å²) in [5.41, 5.74) is 0.753. The second kappa shape index (κ2) is 8.38. The van der Waals surface area contributed by atoms with Crippen molar-refractivity contribution in [2.45, 2.75) is 23.8 Å². The van der Waals surface area contributed by atoms with Gasteiger partial charge < -0.3 is 4.90 Å². The molecule has 0 saturated carbocycles. The molecule has 10 heteroatoms. The molecular formula is C21H21ClN2O5S2. The average molecular weight is 481 g/mol. The molecule has 2 aromatic carbocycles. The van der Waals surface area contributed by atoms with E-state index >= 15 is 0 Å². The smallest absolute Gasteiger partial charge is 0.258 e. The van der Waals surface area contributed by atoms with Crippen molar-refractivity contribution in [3.63, 3.8) is 0 Å². The summed E-state index contributed by atoms with van der Waals surface area (Å²) in [5, 5.41) is 1.60. The van der Waals surface area contributed by atoms with E-state index in [2.05, 4.69) is 0 Å². The Labute approximate surface area is 186 Å². The van der Waals surface area contributed by atoms with Crippen molar-refractivity contribution in [3.05, 3.63) is 70.6 Å². The van der Waals surface area contributed by atoms with Gasteiger partial charge in [-0.3, -0.25) is 4.79 Å². The number of sulfonamides is 1. The maximum atomic E-state index is 13.3. The molecule has 1 unspecified atom stereocenters. The van der Waals surface area contributed by atoms with Crippen LogP contribution < -0.4 is 4.90 Å². The fourth-order valence-corrected chi connectivity index (χ4v) is 6.68. The van der Waals surface area contributed by atoms with Crippen molar-refractivity contribution >= 4 is 43.1 Å². The number of sulfone groups is 1. The van der Waals surface area contributed by atoms with Gasteiger partial charge in [-0.2, -0.15) is 4.31 Å². The number of carbonyl (C=O) groups excluding carboxylic acids is 1. The van der Waals surface area contributed by atoms with Crippen LogP contribution in [0.5, 0.6) is 0 Å². The van der Waals surface area contributed by atoms with Crippen LogP contribution >= 0.6 is 11.6 Å². The van der Waals surface area contributed by atoms with E-state index in [0.29, 0.717) is 23.8 Å². The molecule has 0 aromatic heterocycles. The fraction of sp³-hybridized carbons (Fsp3) is 0.286. The average Bonchev–Trinajstić information content (AvgIpc) is 3.40. The van der Waals surface area contributed by atoms with E-state index in [1.807, 2.05) is 0 Å². The summed E-state index contributed by atoms with van der Waals surface area (Å²) < 4.78 is 50.8. The number of nitrogens with zero attached hydrogens (tertiary/aromatic N) is 2. The first-order valence-corrected chi connectivity index (χ1v) is 13.3. The molecule has 31 heavy (non-hydrogen) atoms. The van der Waals surface area contributed by atoms with E-state index in [1.165, 1.54) is 39.5 Å². The van der Waals surface area contributed by atoms with Gasteiger partial charge in [0.1, 0.15) is 0 Å². The Morgan fingerprint density at radius 3 is 2.16 bits per heavy atom. The normalized spacial score (nSPS) is 20.7. The number of amides is 1. The number of rotatable bonds is 5. The minimum absolute atomic E-state index is 0.132. The van der Waals surface area contributed by atoms with Crippen molar-refractivity contribution in [3.8, 4) is 0 Å². The third-order valence-corrected chi connectivity index (χ3v) is 8.91. The van der Waals surface area contributed by atoms with E-state index in [0.717, 1.165) is 18.2 Å². The highest BCUT2D eigenvalue weighted by molar-refractivity contribution is 7.94. The molecule has 2 aliphatic rings. The van der Waals surface area contributed by atoms with Crippen LogP contribution in [0.4, 0.5) is 5.69 Å². The lowest BCUT2D eigenvalue weighted by molar-refractivity contribution is 0.0983. The van der Waals surface area contributed by atoms with Crippen LogP contribution in [-0.4, -0.2) is 51.9 Å². The minimum atomic E-state index is -3.59. The Morgan fingerprint density at radius 1 is 1.00 bits per heavy atom. The molecule has 164 valence electrons. The Hall–Kier alpha value is -2.20. The van der Waals surface area contributed by atoms with Crippen LogP contribution in [-0.2, 0) is 19.9 Å². The molecule has 1 saturated heterocycles. The van der Waals surface area contributed by atoms with E-state index in [4.69, 9.17) is 11.6 Å². The quantitative estimate of drug-likeness (QED) is 0.655. The zero-order chi connectivity index (χ0) is 22.2. The van der Waals surface area contributed by atoms with Crippen molar-refractivity contribution < 1.29 is 21.6 Å². The zero-order valence-electron chi connectivity index (χ0n) is 16.5. The lowest BCUT2D eigenvalue weighted by Gasteiger charge is -2.28. The first-order chi connectivity index (χ1) is 14.7. The fourth-order valence-electron chi connectivity index (χ4n) is 3.77. The number of carbonyl (C=O) groups is 1. The van der Waals surface area contributed by atoms with Crippen molar-refractivity contribution in [2.75, 3.05) is 23.7 Å². The van der Waals surface area contributed by atoms with Gasteiger partial charge in [0.25, 0.3) is 5.91 Å². The second-order valence-electron chi connectivity index (χ2n) is 7.51. The van der Waals surface area contributed by atoms with Gasteiger partial charge in [0, 0.05) is 34.8 Å². The third kappa shape index (κ3) is 4.55. The molecule has 0 bridgehead atoms. The highest BCUT2D eigenvalue weighted by Crippen LogP contribution is 2.27. The third-order valence-electron chi connectivity index (χ3n) is 5.37. The first kappa shape index (κ1) is 22.0. The molecule has 2 heterocycles. The maximum Gasteiger partial charge on any atom is 0.258 e. The second-order valence-corrected chi connectivity index (χ2v) is 11.8. The Balaban J connectivity index is 1.65. The highest BCUT2D eigenvalue weighted by Gasteiger charge is 2.32. The number of benzene rings is 2. The predicted molar refractivity (Wildman–Crippen MR) is 119 cm³/mol. The molecule has 0 spiro atoms. The van der Waals surface area contributed by atoms with Crippen LogP contribution in [0.2, 0.25) is 5.02 Å². The van der Waals surface area contributed by atoms with Crippen molar-refractivity contribution in [1.29, 1.82) is 0 Å². The number of anilines is 1. The van der Waals surface area contributed by atoms with Gasteiger partial charge in [-0.1, -0.05) is 11.6 Å². The molecule has 4 rings (SSSR count). The molecule has 2 aromatic rings. The molecular weight excluding hydrogens is 460 g/mol. The van der Waals surface area contributed by atoms with Gasteiger partial charge in [-0.15, -0.1) is 0 Å². The summed E-state index contributed by atoms with van der Waals surface area (Å²) in [6, 6.07) is 11.6. The number of halogens is 1.